The zero-order valence-electron chi connectivity index (χ0n) is 28.5. The zero-order chi connectivity index (χ0) is 33.2. The maximum atomic E-state index is 14.4. The third-order valence-electron chi connectivity index (χ3n) is 8.71. The molecule has 4 rings (SSSR count). The second-order valence-corrected chi connectivity index (χ2v) is 12.5. The van der Waals surface area contributed by atoms with Gasteiger partial charge in [0, 0.05) is 29.4 Å². The molecular formula is C39H51N5O2. The lowest BCUT2D eigenvalue weighted by molar-refractivity contribution is 0.262. The molecule has 0 atom stereocenters. The second-order valence-electron chi connectivity index (χ2n) is 12.5. The van der Waals surface area contributed by atoms with Gasteiger partial charge < -0.3 is 15.5 Å². The molecule has 46 heavy (non-hydrogen) atoms. The largest absolute Gasteiger partial charge is 0.323 e. The van der Waals surface area contributed by atoms with Crippen molar-refractivity contribution in [3.05, 3.63) is 100 Å². The Morgan fingerprint density at radius 3 is 2.26 bits per heavy atom. The number of benzene rings is 2. The first-order valence-corrected chi connectivity index (χ1v) is 16.8. The molecular weight excluding hydrogens is 570 g/mol. The van der Waals surface area contributed by atoms with E-state index in [2.05, 4.69) is 92.9 Å². The Bertz CT molecular complexity index is 1670. The molecule has 7 nitrogen and oxygen atoms in total. The van der Waals surface area contributed by atoms with E-state index in [1.807, 2.05) is 36.4 Å². The minimum Gasteiger partial charge on any atom is -0.307 e. The first-order valence-electron chi connectivity index (χ1n) is 16.8. The van der Waals surface area contributed by atoms with Crippen LogP contribution in [0.4, 0.5) is 16.2 Å². The minimum absolute atomic E-state index is 0.211. The van der Waals surface area contributed by atoms with E-state index in [4.69, 9.17) is 0 Å². The van der Waals surface area contributed by atoms with Crippen molar-refractivity contribution < 1.29 is 4.79 Å². The summed E-state index contributed by atoms with van der Waals surface area (Å²) in [6, 6.07) is 17.9. The molecule has 2 N–H and O–H groups in total. The second kappa shape index (κ2) is 16.4. The van der Waals surface area contributed by atoms with Crippen molar-refractivity contribution in [1.82, 2.24) is 14.5 Å². The smallest absolute Gasteiger partial charge is 0.307 e. The van der Waals surface area contributed by atoms with Crippen LogP contribution in [0, 0.1) is 0 Å². The molecule has 2 aromatic carbocycles. The Morgan fingerprint density at radius 1 is 0.935 bits per heavy atom. The van der Waals surface area contributed by atoms with Crippen molar-refractivity contribution in [3.63, 3.8) is 0 Å². The molecule has 0 bridgehead atoms. The van der Waals surface area contributed by atoms with Gasteiger partial charge in [-0.2, -0.15) is 0 Å². The first-order chi connectivity index (χ1) is 22.2. The van der Waals surface area contributed by atoms with Crippen molar-refractivity contribution in [3.8, 4) is 11.1 Å². The summed E-state index contributed by atoms with van der Waals surface area (Å²) in [6.07, 6.45) is 7.04. The number of amides is 2. The molecule has 0 spiro atoms. The number of anilines is 2. The number of pyridine rings is 2. The molecule has 244 valence electrons. The molecule has 0 aliphatic heterocycles. The van der Waals surface area contributed by atoms with Crippen LogP contribution < -0.4 is 16.2 Å². The molecule has 0 saturated heterocycles. The highest BCUT2D eigenvalue weighted by Gasteiger charge is 2.22. The Kier molecular flexibility index (Phi) is 12.3. The van der Waals surface area contributed by atoms with Gasteiger partial charge in [-0.3, -0.25) is 9.36 Å². The molecule has 0 saturated carbocycles. The molecule has 0 radical (unpaired) electrons. The number of fused-ring (bicyclic) bond motifs is 1. The number of allylic oxidation sites excluding steroid dienone is 1. The van der Waals surface area contributed by atoms with Gasteiger partial charge in [0.15, 0.2) is 0 Å². The van der Waals surface area contributed by atoms with Gasteiger partial charge >= 0.3 is 6.03 Å². The van der Waals surface area contributed by atoms with Crippen molar-refractivity contribution in [2.45, 2.75) is 85.6 Å². The number of aromatic nitrogens is 2. The van der Waals surface area contributed by atoms with Crippen LogP contribution in [-0.4, -0.2) is 40.1 Å². The standard InChI is InChI=1S/C39H51N5O2/c1-8-11-12-25-44-37-33(22-15-23-40-37)34(30-19-13-17-29(26-30)18-16-24-43(9-2)10-3)36(38(44)45)42-39(46)41-35-31(27(4)5)20-14-21-32(35)28(6)7/h8,13-15,17,19-23,26-28H,1,9-12,16,18,24-25H2,2-7H3,(H2,41,42,46). The van der Waals surface area contributed by atoms with Crippen LogP contribution in [0.1, 0.15) is 89.3 Å². The van der Waals surface area contributed by atoms with Crippen LogP contribution in [0.15, 0.2) is 78.2 Å². The molecule has 0 aliphatic rings. The highest BCUT2D eigenvalue weighted by molar-refractivity contribution is 6.07. The molecule has 2 amide bonds. The lowest BCUT2D eigenvalue weighted by atomic mass is 9.93. The molecule has 0 aliphatic carbocycles. The Balaban J connectivity index is 1.82. The van der Waals surface area contributed by atoms with E-state index < -0.39 is 6.03 Å². The first kappa shape index (κ1) is 34.6. The summed E-state index contributed by atoms with van der Waals surface area (Å²) in [5, 5.41) is 7.00. The number of para-hydroxylation sites is 1. The Hall–Kier alpha value is -4.23. The van der Waals surface area contributed by atoms with Crippen LogP contribution in [0.5, 0.6) is 0 Å². The molecule has 0 fully saturated rings. The lowest BCUT2D eigenvalue weighted by Crippen LogP contribution is -2.30. The molecule has 2 aromatic heterocycles. The number of rotatable bonds is 15. The van der Waals surface area contributed by atoms with Gasteiger partial charge in [0.25, 0.3) is 5.56 Å². The summed E-state index contributed by atoms with van der Waals surface area (Å²) in [6.45, 7) is 20.3. The van der Waals surface area contributed by atoms with Crippen LogP contribution in [0.25, 0.3) is 22.2 Å². The van der Waals surface area contributed by atoms with E-state index in [0.29, 0.717) is 17.8 Å². The summed E-state index contributed by atoms with van der Waals surface area (Å²) in [4.78, 5) is 35.4. The average molecular weight is 622 g/mol. The monoisotopic (exact) mass is 621 g/mol. The third-order valence-corrected chi connectivity index (χ3v) is 8.71. The van der Waals surface area contributed by atoms with E-state index in [0.717, 1.165) is 73.1 Å². The molecule has 7 heteroatoms. The predicted molar refractivity (Wildman–Crippen MR) is 194 cm³/mol. The van der Waals surface area contributed by atoms with Gasteiger partial charge in [0.05, 0.1) is 0 Å². The Morgan fingerprint density at radius 2 is 1.61 bits per heavy atom. The number of carbonyl (C=O) groups excluding carboxylic acids is 1. The van der Waals surface area contributed by atoms with E-state index in [1.54, 1.807) is 10.8 Å². The summed E-state index contributed by atoms with van der Waals surface area (Å²) in [5.41, 5.74) is 6.28. The fraction of sp³-hybridized carbons (Fsp3) is 0.410. The van der Waals surface area contributed by atoms with Crippen molar-refractivity contribution in [2.24, 2.45) is 0 Å². The fourth-order valence-corrected chi connectivity index (χ4v) is 6.18. The fourth-order valence-electron chi connectivity index (χ4n) is 6.18. The number of nitrogens with one attached hydrogen (secondary N) is 2. The van der Waals surface area contributed by atoms with Gasteiger partial charge in [-0.05, 0) is 91.5 Å². The number of aryl methyl sites for hydroxylation is 2. The Labute approximate surface area is 274 Å². The third kappa shape index (κ3) is 8.13. The quantitative estimate of drug-likeness (QED) is 0.102. The number of hydrogen-bond donors (Lipinski definition) is 2. The van der Waals surface area contributed by atoms with Crippen LogP contribution in [-0.2, 0) is 13.0 Å². The highest BCUT2D eigenvalue weighted by atomic mass is 16.2. The van der Waals surface area contributed by atoms with Crippen molar-refractivity contribution in [2.75, 3.05) is 30.3 Å². The normalized spacial score (nSPS) is 11.5. The highest BCUT2D eigenvalue weighted by Crippen LogP contribution is 2.35. The number of nitrogens with zero attached hydrogens (tertiary/aromatic N) is 3. The maximum absolute atomic E-state index is 14.4. The number of carbonyl (C=O) groups is 1. The van der Waals surface area contributed by atoms with Gasteiger partial charge in [0.2, 0.25) is 0 Å². The lowest BCUT2D eigenvalue weighted by Gasteiger charge is -2.22. The van der Waals surface area contributed by atoms with E-state index in [1.165, 1.54) is 5.56 Å². The van der Waals surface area contributed by atoms with Gasteiger partial charge in [-0.15, -0.1) is 6.58 Å². The average Bonchev–Trinajstić information content (AvgIpc) is 3.04. The predicted octanol–water partition coefficient (Wildman–Crippen LogP) is 9.19. The van der Waals surface area contributed by atoms with Crippen LogP contribution in [0.2, 0.25) is 0 Å². The van der Waals surface area contributed by atoms with Gasteiger partial charge in [-0.1, -0.05) is 90.1 Å². The van der Waals surface area contributed by atoms with E-state index in [9.17, 15) is 9.59 Å². The van der Waals surface area contributed by atoms with Crippen LogP contribution >= 0.6 is 0 Å². The molecule has 0 unspecified atom stereocenters. The number of urea groups is 1. The topological polar surface area (TPSA) is 79.3 Å². The van der Waals surface area contributed by atoms with Gasteiger partial charge in [0.1, 0.15) is 11.3 Å². The molecule has 4 aromatic rings. The van der Waals surface area contributed by atoms with E-state index in [-0.39, 0.29) is 23.1 Å². The van der Waals surface area contributed by atoms with Crippen molar-refractivity contribution in [1.29, 1.82) is 0 Å². The molecule has 2 heterocycles. The van der Waals surface area contributed by atoms with Crippen LogP contribution in [0.3, 0.4) is 0 Å². The SMILES string of the molecule is C=CCCCn1c(=O)c(NC(=O)Nc2c(C(C)C)cccc2C(C)C)c(-c2cccc(CCCN(CC)CC)c2)c2cccnc21. The number of hydrogen-bond acceptors (Lipinski definition) is 4. The summed E-state index contributed by atoms with van der Waals surface area (Å²) in [5.74, 6) is 0.422. The summed E-state index contributed by atoms with van der Waals surface area (Å²) >= 11 is 0. The minimum atomic E-state index is -0.440. The zero-order valence-corrected chi connectivity index (χ0v) is 28.5. The number of unbranched alkanes of at least 4 members (excludes halogenated alkanes) is 1. The van der Waals surface area contributed by atoms with Crippen molar-refractivity contribution >= 4 is 28.4 Å². The maximum Gasteiger partial charge on any atom is 0.323 e. The van der Waals surface area contributed by atoms with Gasteiger partial charge in [-0.25, -0.2) is 9.78 Å². The van der Waals surface area contributed by atoms with E-state index >= 15 is 0 Å². The summed E-state index contributed by atoms with van der Waals surface area (Å²) in [7, 11) is 0. The summed E-state index contributed by atoms with van der Waals surface area (Å²) < 4.78 is 1.69.